The van der Waals surface area contributed by atoms with E-state index in [4.69, 9.17) is 0 Å². The standard InChI is InChI=1S/C17H23N/c1-13(2)8-11-17(18-3)16-10-9-14-6-4-5-7-15(14)12-16/h4-7,9-10,12-13,17-18H,8,11H2,1-3H3. The van der Waals surface area contributed by atoms with Crippen molar-refractivity contribution in [3.05, 3.63) is 48.0 Å². The average Bonchev–Trinajstić information content (AvgIpc) is 2.39. The molecule has 0 saturated carbocycles. The van der Waals surface area contributed by atoms with Gasteiger partial charge >= 0.3 is 0 Å². The number of hydrogen-bond donors (Lipinski definition) is 1. The molecule has 0 fully saturated rings. The zero-order chi connectivity index (χ0) is 13.0. The first-order valence-corrected chi connectivity index (χ1v) is 6.86. The van der Waals surface area contributed by atoms with Gasteiger partial charge in [0.25, 0.3) is 0 Å². The number of fused-ring (bicyclic) bond motifs is 1. The molecule has 96 valence electrons. The Kier molecular flexibility index (Phi) is 4.38. The van der Waals surface area contributed by atoms with Gasteiger partial charge in [-0.25, -0.2) is 0 Å². The molecule has 0 aliphatic rings. The largest absolute Gasteiger partial charge is 0.313 e. The quantitative estimate of drug-likeness (QED) is 0.810. The summed E-state index contributed by atoms with van der Waals surface area (Å²) in [5.74, 6) is 0.765. The highest BCUT2D eigenvalue weighted by Gasteiger charge is 2.10. The highest BCUT2D eigenvalue weighted by molar-refractivity contribution is 5.83. The van der Waals surface area contributed by atoms with E-state index in [9.17, 15) is 0 Å². The van der Waals surface area contributed by atoms with Crippen molar-refractivity contribution in [3.8, 4) is 0 Å². The number of rotatable bonds is 5. The Morgan fingerprint density at radius 2 is 1.67 bits per heavy atom. The molecule has 2 aromatic carbocycles. The molecule has 2 rings (SSSR count). The van der Waals surface area contributed by atoms with E-state index >= 15 is 0 Å². The van der Waals surface area contributed by atoms with Crippen molar-refractivity contribution in [1.29, 1.82) is 0 Å². The minimum Gasteiger partial charge on any atom is -0.313 e. The Morgan fingerprint density at radius 1 is 0.944 bits per heavy atom. The van der Waals surface area contributed by atoms with Gasteiger partial charge in [0.15, 0.2) is 0 Å². The first-order chi connectivity index (χ1) is 8.70. The lowest BCUT2D eigenvalue weighted by Crippen LogP contribution is -2.16. The monoisotopic (exact) mass is 241 g/mol. The van der Waals surface area contributed by atoms with E-state index in [-0.39, 0.29) is 0 Å². The maximum Gasteiger partial charge on any atom is 0.0317 e. The van der Waals surface area contributed by atoms with Gasteiger partial charge in [0.1, 0.15) is 0 Å². The van der Waals surface area contributed by atoms with Crippen LogP contribution in [-0.4, -0.2) is 7.05 Å². The lowest BCUT2D eigenvalue weighted by atomic mass is 9.96. The van der Waals surface area contributed by atoms with Crippen molar-refractivity contribution in [1.82, 2.24) is 5.32 Å². The third-order valence-corrected chi connectivity index (χ3v) is 3.56. The van der Waals surface area contributed by atoms with E-state index in [1.807, 2.05) is 0 Å². The van der Waals surface area contributed by atoms with E-state index in [1.165, 1.54) is 29.2 Å². The van der Waals surface area contributed by atoms with Gasteiger partial charge in [-0.1, -0.05) is 50.2 Å². The van der Waals surface area contributed by atoms with Crippen LogP contribution in [0.5, 0.6) is 0 Å². The van der Waals surface area contributed by atoms with Crippen molar-refractivity contribution < 1.29 is 0 Å². The van der Waals surface area contributed by atoms with E-state index in [1.54, 1.807) is 0 Å². The summed E-state index contributed by atoms with van der Waals surface area (Å²) in [6.07, 6.45) is 2.46. The minimum atomic E-state index is 0.469. The molecular formula is C17H23N. The second kappa shape index (κ2) is 6.01. The molecule has 0 aliphatic heterocycles. The van der Waals surface area contributed by atoms with Gasteiger partial charge in [-0.2, -0.15) is 0 Å². The zero-order valence-electron chi connectivity index (χ0n) is 11.6. The first-order valence-electron chi connectivity index (χ1n) is 6.86. The second-order valence-electron chi connectivity index (χ2n) is 5.42. The van der Waals surface area contributed by atoms with Crippen LogP contribution in [0.3, 0.4) is 0 Å². The lowest BCUT2D eigenvalue weighted by molar-refractivity contribution is 0.465. The molecule has 0 saturated heterocycles. The van der Waals surface area contributed by atoms with Gasteiger partial charge in [0.2, 0.25) is 0 Å². The number of benzene rings is 2. The Bertz CT molecular complexity index is 502. The van der Waals surface area contributed by atoms with Crippen molar-refractivity contribution in [2.45, 2.75) is 32.7 Å². The highest BCUT2D eigenvalue weighted by atomic mass is 14.9. The van der Waals surface area contributed by atoms with Gasteiger partial charge in [0, 0.05) is 6.04 Å². The summed E-state index contributed by atoms with van der Waals surface area (Å²) in [5.41, 5.74) is 1.40. The number of nitrogens with one attached hydrogen (secondary N) is 1. The van der Waals surface area contributed by atoms with Crippen molar-refractivity contribution >= 4 is 10.8 Å². The molecule has 0 heterocycles. The molecule has 0 aromatic heterocycles. The van der Waals surface area contributed by atoms with Crippen LogP contribution < -0.4 is 5.32 Å². The van der Waals surface area contributed by atoms with E-state index in [0.29, 0.717) is 6.04 Å². The summed E-state index contributed by atoms with van der Waals surface area (Å²) in [6, 6.07) is 15.8. The van der Waals surface area contributed by atoms with Crippen LogP contribution in [-0.2, 0) is 0 Å². The molecule has 0 aliphatic carbocycles. The van der Waals surface area contributed by atoms with Crippen molar-refractivity contribution in [3.63, 3.8) is 0 Å². The summed E-state index contributed by atoms with van der Waals surface area (Å²) in [6.45, 7) is 4.57. The molecule has 0 bridgehead atoms. The molecule has 1 unspecified atom stereocenters. The van der Waals surface area contributed by atoms with E-state index < -0.39 is 0 Å². The smallest absolute Gasteiger partial charge is 0.0317 e. The summed E-state index contributed by atoms with van der Waals surface area (Å²) >= 11 is 0. The fourth-order valence-electron chi connectivity index (χ4n) is 2.40. The molecular weight excluding hydrogens is 218 g/mol. The SMILES string of the molecule is CNC(CCC(C)C)c1ccc2ccccc2c1. The van der Waals surface area contributed by atoms with E-state index in [0.717, 1.165) is 5.92 Å². The van der Waals surface area contributed by atoms with Gasteiger partial charge in [-0.15, -0.1) is 0 Å². The predicted octanol–water partition coefficient (Wildman–Crippen LogP) is 4.54. The third kappa shape index (κ3) is 3.11. The van der Waals surface area contributed by atoms with Crippen LogP contribution in [0, 0.1) is 5.92 Å². The van der Waals surface area contributed by atoms with Gasteiger partial charge in [-0.3, -0.25) is 0 Å². The predicted molar refractivity (Wildman–Crippen MR) is 79.8 cm³/mol. The Labute approximate surface area is 110 Å². The van der Waals surface area contributed by atoms with Crippen LogP contribution in [0.15, 0.2) is 42.5 Å². The number of hydrogen-bond acceptors (Lipinski definition) is 1. The molecule has 2 aromatic rings. The summed E-state index contributed by atoms with van der Waals surface area (Å²) in [4.78, 5) is 0. The molecule has 1 atom stereocenters. The topological polar surface area (TPSA) is 12.0 Å². The van der Waals surface area contributed by atoms with Crippen molar-refractivity contribution in [2.24, 2.45) is 5.92 Å². The molecule has 0 amide bonds. The molecule has 0 spiro atoms. The maximum atomic E-state index is 3.44. The van der Waals surface area contributed by atoms with Gasteiger partial charge in [-0.05, 0) is 48.2 Å². The fraction of sp³-hybridized carbons (Fsp3) is 0.412. The molecule has 1 N–H and O–H groups in total. The first kappa shape index (κ1) is 13.1. The van der Waals surface area contributed by atoms with Gasteiger partial charge in [0.05, 0.1) is 0 Å². The lowest BCUT2D eigenvalue weighted by Gasteiger charge is -2.18. The summed E-state index contributed by atoms with van der Waals surface area (Å²) in [5, 5.41) is 6.09. The van der Waals surface area contributed by atoms with Crippen LogP contribution in [0.4, 0.5) is 0 Å². The zero-order valence-corrected chi connectivity index (χ0v) is 11.6. The highest BCUT2D eigenvalue weighted by Crippen LogP contribution is 2.24. The molecule has 1 heteroatoms. The molecule has 18 heavy (non-hydrogen) atoms. The van der Waals surface area contributed by atoms with Crippen molar-refractivity contribution in [2.75, 3.05) is 7.05 Å². The minimum absolute atomic E-state index is 0.469. The second-order valence-corrected chi connectivity index (χ2v) is 5.42. The Balaban J connectivity index is 2.22. The van der Waals surface area contributed by atoms with Gasteiger partial charge < -0.3 is 5.32 Å². The Morgan fingerprint density at radius 3 is 2.33 bits per heavy atom. The van der Waals surface area contributed by atoms with Crippen LogP contribution in [0.25, 0.3) is 10.8 Å². The molecule has 1 nitrogen and oxygen atoms in total. The average molecular weight is 241 g/mol. The summed E-state index contributed by atoms with van der Waals surface area (Å²) < 4.78 is 0. The Hall–Kier alpha value is -1.34. The van der Waals surface area contributed by atoms with E-state index in [2.05, 4.69) is 68.7 Å². The van der Waals surface area contributed by atoms with Crippen LogP contribution in [0.2, 0.25) is 0 Å². The van der Waals surface area contributed by atoms with Crippen LogP contribution >= 0.6 is 0 Å². The third-order valence-electron chi connectivity index (χ3n) is 3.56. The maximum absolute atomic E-state index is 3.44. The fourth-order valence-corrected chi connectivity index (χ4v) is 2.40. The normalized spacial score (nSPS) is 13.1. The summed E-state index contributed by atoms with van der Waals surface area (Å²) in [7, 11) is 2.06. The molecule has 0 radical (unpaired) electrons. The van der Waals surface area contributed by atoms with Crippen LogP contribution in [0.1, 0.15) is 38.3 Å².